The van der Waals surface area contributed by atoms with E-state index in [0.717, 1.165) is 18.3 Å². The fourth-order valence-electron chi connectivity index (χ4n) is 1.70. The molecule has 0 radical (unpaired) electrons. The Morgan fingerprint density at radius 1 is 1.50 bits per heavy atom. The quantitative estimate of drug-likeness (QED) is 0.891. The summed E-state index contributed by atoms with van der Waals surface area (Å²) in [6.45, 7) is 4.21. The summed E-state index contributed by atoms with van der Waals surface area (Å²) in [6.07, 6.45) is 3.82. The molecule has 0 amide bonds. The van der Waals surface area contributed by atoms with E-state index in [1.807, 2.05) is 12.4 Å². The normalized spacial score (nSPS) is 20.9. The van der Waals surface area contributed by atoms with Gasteiger partial charge in [-0.1, -0.05) is 0 Å². The summed E-state index contributed by atoms with van der Waals surface area (Å²) in [5.41, 5.74) is 2.64. The van der Waals surface area contributed by atoms with E-state index in [2.05, 4.69) is 46.8 Å². The molecule has 0 spiro atoms. The van der Waals surface area contributed by atoms with E-state index in [0.29, 0.717) is 0 Å². The van der Waals surface area contributed by atoms with Crippen LogP contribution in [-0.2, 0) is 6.54 Å². The summed E-state index contributed by atoms with van der Waals surface area (Å²) in [5.74, 6) is 3.93. The SMILES string of the molecule is Cc1ccncc1CNCC1CSCCS1. The molecular weight excluding hydrogens is 236 g/mol. The first kappa shape index (κ1) is 12.3. The number of hydrogen-bond acceptors (Lipinski definition) is 4. The lowest BCUT2D eigenvalue weighted by molar-refractivity contribution is 0.682. The molecule has 1 aliphatic rings. The van der Waals surface area contributed by atoms with E-state index in [-0.39, 0.29) is 0 Å². The lowest BCUT2D eigenvalue weighted by Crippen LogP contribution is -2.28. The lowest BCUT2D eigenvalue weighted by Gasteiger charge is -2.21. The Labute approximate surface area is 106 Å². The molecule has 0 saturated carbocycles. The minimum Gasteiger partial charge on any atom is -0.311 e. The third-order valence-electron chi connectivity index (χ3n) is 2.72. The maximum Gasteiger partial charge on any atom is 0.0315 e. The largest absolute Gasteiger partial charge is 0.311 e. The molecule has 2 nitrogen and oxygen atoms in total. The van der Waals surface area contributed by atoms with Crippen molar-refractivity contribution in [1.29, 1.82) is 0 Å². The van der Waals surface area contributed by atoms with Gasteiger partial charge < -0.3 is 5.32 Å². The first-order valence-electron chi connectivity index (χ1n) is 5.66. The number of aromatic nitrogens is 1. The Balaban J connectivity index is 1.73. The number of rotatable bonds is 4. The summed E-state index contributed by atoms with van der Waals surface area (Å²) in [4.78, 5) is 4.16. The summed E-state index contributed by atoms with van der Waals surface area (Å²) in [7, 11) is 0. The highest BCUT2D eigenvalue weighted by atomic mass is 32.2. The van der Waals surface area contributed by atoms with Crippen LogP contribution in [0.3, 0.4) is 0 Å². The van der Waals surface area contributed by atoms with E-state index in [4.69, 9.17) is 0 Å². The van der Waals surface area contributed by atoms with Crippen LogP contribution in [0.4, 0.5) is 0 Å². The van der Waals surface area contributed by atoms with Crippen LogP contribution >= 0.6 is 23.5 Å². The van der Waals surface area contributed by atoms with Gasteiger partial charge in [-0.25, -0.2) is 0 Å². The predicted molar refractivity (Wildman–Crippen MR) is 74.3 cm³/mol. The maximum atomic E-state index is 4.16. The number of pyridine rings is 1. The van der Waals surface area contributed by atoms with Crippen molar-refractivity contribution in [2.24, 2.45) is 0 Å². The van der Waals surface area contributed by atoms with Gasteiger partial charge in [-0.3, -0.25) is 4.98 Å². The van der Waals surface area contributed by atoms with Crippen LogP contribution in [0.5, 0.6) is 0 Å². The zero-order valence-corrected chi connectivity index (χ0v) is 11.2. The van der Waals surface area contributed by atoms with Gasteiger partial charge in [0.25, 0.3) is 0 Å². The smallest absolute Gasteiger partial charge is 0.0315 e. The van der Waals surface area contributed by atoms with Gasteiger partial charge in [0.2, 0.25) is 0 Å². The number of nitrogens with one attached hydrogen (secondary N) is 1. The van der Waals surface area contributed by atoms with Gasteiger partial charge in [0.15, 0.2) is 0 Å². The molecule has 1 aromatic heterocycles. The van der Waals surface area contributed by atoms with Gasteiger partial charge in [0, 0.05) is 48.0 Å². The van der Waals surface area contributed by atoms with Crippen molar-refractivity contribution in [2.45, 2.75) is 18.7 Å². The van der Waals surface area contributed by atoms with Gasteiger partial charge in [-0.05, 0) is 24.1 Å². The molecule has 1 unspecified atom stereocenters. The summed E-state index contributed by atoms with van der Waals surface area (Å²) in [5, 5.41) is 4.33. The summed E-state index contributed by atoms with van der Waals surface area (Å²) >= 11 is 4.18. The van der Waals surface area contributed by atoms with E-state index >= 15 is 0 Å². The highest BCUT2D eigenvalue weighted by Crippen LogP contribution is 2.23. The van der Waals surface area contributed by atoms with Crippen LogP contribution < -0.4 is 5.32 Å². The van der Waals surface area contributed by atoms with Crippen LogP contribution in [0, 0.1) is 6.92 Å². The Morgan fingerprint density at radius 3 is 3.19 bits per heavy atom. The second kappa shape index (κ2) is 6.52. The van der Waals surface area contributed by atoms with Crippen molar-refractivity contribution in [3.05, 3.63) is 29.6 Å². The van der Waals surface area contributed by atoms with Gasteiger partial charge in [0.05, 0.1) is 0 Å². The zero-order chi connectivity index (χ0) is 11.2. The van der Waals surface area contributed by atoms with Crippen LogP contribution in [0.25, 0.3) is 0 Å². The molecule has 4 heteroatoms. The Kier molecular flexibility index (Phi) is 5.00. The second-order valence-corrected chi connectivity index (χ2v) is 6.56. The molecule has 88 valence electrons. The number of aryl methyl sites for hydroxylation is 1. The molecule has 0 aromatic carbocycles. The minimum atomic E-state index is 0.788. The first-order chi connectivity index (χ1) is 7.86. The number of hydrogen-bond donors (Lipinski definition) is 1. The fourth-order valence-corrected chi connectivity index (χ4v) is 4.35. The molecule has 1 saturated heterocycles. The standard InChI is InChI=1S/C12H18N2S2/c1-10-2-3-13-6-11(10)7-14-8-12-9-15-4-5-16-12/h2-3,6,12,14H,4-5,7-9H2,1H3. The predicted octanol–water partition coefficient (Wildman–Crippen LogP) is 2.33. The zero-order valence-electron chi connectivity index (χ0n) is 9.61. The topological polar surface area (TPSA) is 24.9 Å². The average molecular weight is 254 g/mol. The van der Waals surface area contributed by atoms with Gasteiger partial charge >= 0.3 is 0 Å². The molecule has 2 rings (SSSR count). The number of nitrogens with zero attached hydrogens (tertiary/aromatic N) is 1. The first-order valence-corrected chi connectivity index (χ1v) is 7.86. The Morgan fingerprint density at radius 2 is 2.44 bits per heavy atom. The molecule has 0 bridgehead atoms. The van der Waals surface area contributed by atoms with Crippen molar-refractivity contribution in [2.75, 3.05) is 23.8 Å². The van der Waals surface area contributed by atoms with Gasteiger partial charge in [-0.15, -0.1) is 0 Å². The van der Waals surface area contributed by atoms with Crippen molar-refractivity contribution in [3.8, 4) is 0 Å². The number of thioether (sulfide) groups is 2. The highest BCUT2D eigenvalue weighted by molar-refractivity contribution is 8.06. The van der Waals surface area contributed by atoms with Gasteiger partial charge in [-0.2, -0.15) is 23.5 Å². The van der Waals surface area contributed by atoms with E-state index in [1.165, 1.54) is 28.4 Å². The Hall–Kier alpha value is -0.190. The molecule has 1 aliphatic heterocycles. The Bertz CT molecular complexity index is 325. The van der Waals surface area contributed by atoms with Crippen LogP contribution in [-0.4, -0.2) is 34.0 Å². The van der Waals surface area contributed by atoms with E-state index < -0.39 is 0 Å². The van der Waals surface area contributed by atoms with Gasteiger partial charge in [0.1, 0.15) is 0 Å². The molecule has 1 fully saturated rings. The van der Waals surface area contributed by atoms with Crippen LogP contribution in [0.1, 0.15) is 11.1 Å². The third kappa shape index (κ3) is 3.68. The molecule has 1 N–H and O–H groups in total. The van der Waals surface area contributed by atoms with Crippen molar-refractivity contribution in [1.82, 2.24) is 10.3 Å². The summed E-state index contributed by atoms with van der Waals surface area (Å²) in [6, 6.07) is 2.07. The van der Waals surface area contributed by atoms with Crippen LogP contribution in [0.2, 0.25) is 0 Å². The monoisotopic (exact) mass is 254 g/mol. The molecule has 1 aromatic rings. The van der Waals surface area contributed by atoms with E-state index in [9.17, 15) is 0 Å². The third-order valence-corrected chi connectivity index (χ3v) is 5.56. The lowest BCUT2D eigenvalue weighted by atomic mass is 10.1. The minimum absolute atomic E-state index is 0.788. The maximum absolute atomic E-state index is 4.16. The molecular formula is C12H18N2S2. The van der Waals surface area contributed by atoms with E-state index in [1.54, 1.807) is 0 Å². The molecule has 1 atom stereocenters. The molecule has 2 heterocycles. The fraction of sp³-hybridized carbons (Fsp3) is 0.583. The summed E-state index contributed by atoms with van der Waals surface area (Å²) < 4.78 is 0. The molecule has 0 aliphatic carbocycles. The van der Waals surface area contributed by atoms with Crippen molar-refractivity contribution >= 4 is 23.5 Å². The average Bonchev–Trinajstić information content (AvgIpc) is 2.33. The van der Waals surface area contributed by atoms with Crippen LogP contribution in [0.15, 0.2) is 18.5 Å². The second-order valence-electron chi connectivity index (χ2n) is 4.00. The van der Waals surface area contributed by atoms with Crippen molar-refractivity contribution in [3.63, 3.8) is 0 Å². The highest BCUT2D eigenvalue weighted by Gasteiger charge is 2.13. The van der Waals surface area contributed by atoms with Crippen molar-refractivity contribution < 1.29 is 0 Å². The molecule has 16 heavy (non-hydrogen) atoms.